The summed E-state index contributed by atoms with van der Waals surface area (Å²) >= 11 is 0. The van der Waals surface area contributed by atoms with Gasteiger partial charge in [0.2, 0.25) is 0 Å². The molecule has 1 aliphatic rings. The van der Waals surface area contributed by atoms with E-state index < -0.39 is 0 Å². The van der Waals surface area contributed by atoms with Gasteiger partial charge in [0.15, 0.2) is 0 Å². The zero-order valence-corrected chi connectivity index (χ0v) is 14.9. The molecule has 4 nitrogen and oxygen atoms in total. The summed E-state index contributed by atoms with van der Waals surface area (Å²) in [6.07, 6.45) is 1.16. The van der Waals surface area contributed by atoms with Crippen LogP contribution in [0.25, 0.3) is 0 Å². The van der Waals surface area contributed by atoms with Crippen molar-refractivity contribution in [2.45, 2.75) is 32.0 Å². The van der Waals surface area contributed by atoms with Crippen molar-refractivity contribution in [2.75, 3.05) is 26.3 Å². The molecule has 0 saturated carbocycles. The second-order valence-corrected chi connectivity index (χ2v) is 6.63. The Morgan fingerprint density at radius 3 is 2.72 bits per heavy atom. The quantitative estimate of drug-likeness (QED) is 0.775. The summed E-state index contributed by atoms with van der Waals surface area (Å²) in [4.78, 5) is 2.54. The Balaban J connectivity index is 1.52. The minimum absolute atomic E-state index is 0.0384. The summed E-state index contributed by atoms with van der Waals surface area (Å²) < 4.78 is 5.62. The Bertz CT molecular complexity index is 647. The zero-order valence-electron chi connectivity index (χ0n) is 14.9. The molecule has 1 saturated heterocycles. The van der Waals surface area contributed by atoms with E-state index in [-0.39, 0.29) is 6.61 Å². The maximum Gasteiger partial charge on any atom is 0.123 e. The van der Waals surface area contributed by atoms with Crippen LogP contribution in [-0.2, 0) is 6.54 Å². The molecule has 0 bridgehead atoms. The molecule has 25 heavy (non-hydrogen) atoms. The van der Waals surface area contributed by atoms with Gasteiger partial charge in [-0.05, 0) is 25.0 Å². The first-order valence-electron chi connectivity index (χ1n) is 9.12. The third-order valence-electron chi connectivity index (χ3n) is 4.95. The number of aliphatic hydroxyl groups is 1. The second kappa shape index (κ2) is 8.99. The van der Waals surface area contributed by atoms with Crippen molar-refractivity contribution < 1.29 is 9.84 Å². The number of ether oxygens (including phenoxy) is 1. The predicted molar refractivity (Wildman–Crippen MR) is 101 cm³/mol. The summed E-state index contributed by atoms with van der Waals surface area (Å²) in [5.41, 5.74) is 2.52. The van der Waals surface area contributed by atoms with Crippen molar-refractivity contribution >= 4 is 0 Å². The van der Waals surface area contributed by atoms with Gasteiger partial charge in [-0.1, -0.05) is 48.5 Å². The van der Waals surface area contributed by atoms with E-state index in [0.717, 1.165) is 37.4 Å². The lowest BCUT2D eigenvalue weighted by Crippen LogP contribution is -2.33. The van der Waals surface area contributed by atoms with Crippen molar-refractivity contribution in [3.8, 4) is 5.75 Å². The Hall–Kier alpha value is -1.88. The molecule has 2 N–H and O–H groups in total. The molecule has 1 fully saturated rings. The molecular weight excluding hydrogens is 312 g/mol. The van der Waals surface area contributed by atoms with E-state index in [4.69, 9.17) is 9.84 Å². The smallest absolute Gasteiger partial charge is 0.123 e. The molecule has 134 valence electrons. The highest BCUT2D eigenvalue weighted by Gasteiger charge is 2.26. The van der Waals surface area contributed by atoms with Crippen molar-refractivity contribution in [1.29, 1.82) is 0 Å². The monoisotopic (exact) mass is 340 g/mol. The van der Waals surface area contributed by atoms with E-state index in [1.165, 1.54) is 5.56 Å². The minimum atomic E-state index is 0.0384. The Morgan fingerprint density at radius 2 is 1.92 bits per heavy atom. The molecule has 0 aliphatic carbocycles. The van der Waals surface area contributed by atoms with E-state index in [9.17, 15) is 0 Å². The molecule has 0 radical (unpaired) electrons. The molecule has 3 rings (SSSR count). The number of nitrogens with one attached hydrogen (secondary N) is 1. The SMILES string of the molecule is CC(c1ccccc1)N1CCC(NCc2ccccc2OCCO)C1. The van der Waals surface area contributed by atoms with Crippen LogP contribution in [0.5, 0.6) is 5.75 Å². The number of hydrogen-bond acceptors (Lipinski definition) is 4. The highest BCUT2D eigenvalue weighted by atomic mass is 16.5. The van der Waals surface area contributed by atoms with Crippen molar-refractivity contribution in [2.24, 2.45) is 0 Å². The number of nitrogens with zero attached hydrogens (tertiary/aromatic N) is 1. The summed E-state index contributed by atoms with van der Waals surface area (Å²) in [6, 6.07) is 19.7. The fourth-order valence-corrected chi connectivity index (χ4v) is 3.45. The predicted octanol–water partition coefficient (Wildman–Crippen LogP) is 2.98. The van der Waals surface area contributed by atoms with Crippen LogP contribution >= 0.6 is 0 Å². The van der Waals surface area contributed by atoms with Crippen LogP contribution in [0.3, 0.4) is 0 Å². The average Bonchev–Trinajstić information content (AvgIpc) is 3.14. The number of para-hydroxylation sites is 1. The fraction of sp³-hybridized carbons (Fsp3) is 0.429. The molecule has 2 atom stereocenters. The van der Waals surface area contributed by atoms with Gasteiger partial charge >= 0.3 is 0 Å². The lowest BCUT2D eigenvalue weighted by atomic mass is 10.1. The number of benzene rings is 2. The van der Waals surface area contributed by atoms with Crippen molar-refractivity contribution in [1.82, 2.24) is 10.2 Å². The zero-order chi connectivity index (χ0) is 17.5. The summed E-state index contributed by atoms with van der Waals surface area (Å²) in [6.45, 7) is 5.64. The second-order valence-electron chi connectivity index (χ2n) is 6.63. The first-order chi connectivity index (χ1) is 12.3. The number of hydrogen-bond donors (Lipinski definition) is 2. The van der Waals surface area contributed by atoms with E-state index in [1.54, 1.807) is 0 Å². The van der Waals surface area contributed by atoms with Crippen LogP contribution < -0.4 is 10.1 Å². The van der Waals surface area contributed by atoms with E-state index in [0.29, 0.717) is 18.7 Å². The molecule has 1 aliphatic heterocycles. The molecule has 0 aromatic heterocycles. The number of aliphatic hydroxyl groups excluding tert-OH is 1. The normalized spacial score (nSPS) is 19.0. The maximum atomic E-state index is 8.95. The Morgan fingerprint density at radius 1 is 1.16 bits per heavy atom. The third kappa shape index (κ3) is 4.82. The highest BCUT2D eigenvalue weighted by molar-refractivity contribution is 5.33. The molecule has 2 aromatic carbocycles. The topological polar surface area (TPSA) is 44.7 Å². The summed E-state index contributed by atoms with van der Waals surface area (Å²) in [5, 5.41) is 12.6. The Labute approximate surface area is 150 Å². The Kier molecular flexibility index (Phi) is 6.45. The van der Waals surface area contributed by atoms with Gasteiger partial charge in [-0.15, -0.1) is 0 Å². The van der Waals surface area contributed by atoms with Gasteiger partial charge in [0.25, 0.3) is 0 Å². The summed E-state index contributed by atoms with van der Waals surface area (Å²) in [5.74, 6) is 0.858. The number of likely N-dealkylation sites (tertiary alicyclic amines) is 1. The first-order valence-corrected chi connectivity index (χ1v) is 9.12. The molecule has 0 amide bonds. The largest absolute Gasteiger partial charge is 0.491 e. The van der Waals surface area contributed by atoms with Gasteiger partial charge in [-0.3, -0.25) is 4.90 Å². The van der Waals surface area contributed by atoms with E-state index in [1.807, 2.05) is 18.2 Å². The van der Waals surface area contributed by atoms with E-state index in [2.05, 4.69) is 53.5 Å². The molecule has 1 heterocycles. The molecule has 2 unspecified atom stereocenters. The van der Waals surface area contributed by atoms with Crippen molar-refractivity contribution in [3.05, 3.63) is 65.7 Å². The fourth-order valence-electron chi connectivity index (χ4n) is 3.45. The lowest BCUT2D eigenvalue weighted by Gasteiger charge is -2.25. The van der Waals surface area contributed by atoms with Crippen LogP contribution in [0.1, 0.15) is 30.5 Å². The maximum absolute atomic E-state index is 8.95. The number of rotatable bonds is 8. The van der Waals surface area contributed by atoms with E-state index >= 15 is 0 Å². The van der Waals surface area contributed by atoms with Gasteiger partial charge in [-0.25, -0.2) is 0 Å². The van der Waals surface area contributed by atoms with Gasteiger partial charge < -0.3 is 15.2 Å². The molecule has 4 heteroatoms. The third-order valence-corrected chi connectivity index (χ3v) is 4.95. The highest BCUT2D eigenvalue weighted by Crippen LogP contribution is 2.25. The van der Waals surface area contributed by atoms with Crippen LogP contribution in [0, 0.1) is 0 Å². The van der Waals surface area contributed by atoms with Gasteiger partial charge in [0, 0.05) is 37.3 Å². The van der Waals surface area contributed by atoms with Gasteiger partial charge in [0.1, 0.15) is 12.4 Å². The van der Waals surface area contributed by atoms with Crippen LogP contribution in [0.4, 0.5) is 0 Å². The molecular formula is C21H28N2O2. The minimum Gasteiger partial charge on any atom is -0.491 e. The van der Waals surface area contributed by atoms with Crippen LogP contribution in [0.15, 0.2) is 54.6 Å². The summed E-state index contributed by atoms with van der Waals surface area (Å²) in [7, 11) is 0. The first kappa shape index (κ1) is 17.9. The molecule has 0 spiro atoms. The van der Waals surface area contributed by atoms with Crippen molar-refractivity contribution in [3.63, 3.8) is 0 Å². The van der Waals surface area contributed by atoms with Crippen LogP contribution in [0.2, 0.25) is 0 Å². The van der Waals surface area contributed by atoms with Crippen LogP contribution in [-0.4, -0.2) is 42.4 Å². The van der Waals surface area contributed by atoms with Gasteiger partial charge in [-0.2, -0.15) is 0 Å². The van der Waals surface area contributed by atoms with Gasteiger partial charge in [0.05, 0.1) is 6.61 Å². The molecule has 2 aromatic rings. The lowest BCUT2D eigenvalue weighted by molar-refractivity contribution is 0.200. The average molecular weight is 340 g/mol. The standard InChI is InChI=1S/C21H28N2O2/c1-17(18-7-3-2-4-8-18)23-12-11-20(16-23)22-15-19-9-5-6-10-21(19)25-14-13-24/h2-10,17,20,22,24H,11-16H2,1H3.